The average Bonchev–Trinajstić information content (AvgIpc) is 2.70. The molecule has 0 bridgehead atoms. The smallest absolute Gasteiger partial charge is 0.255 e. The lowest BCUT2D eigenvalue weighted by atomic mass is 10.1. The number of nitrogens with one attached hydrogen (secondary N) is 2. The van der Waals surface area contributed by atoms with Crippen LogP contribution in [0.4, 0.5) is 8.78 Å². The Hall–Kier alpha value is -1.91. The number of benzene rings is 1. The van der Waals surface area contributed by atoms with Crippen LogP contribution in [0.1, 0.15) is 5.56 Å². The Morgan fingerprint density at radius 2 is 2.12 bits per heavy atom. The van der Waals surface area contributed by atoms with Crippen LogP contribution in [0, 0.1) is 0 Å². The molecule has 0 saturated heterocycles. The Kier molecular flexibility index (Phi) is 3.37. The van der Waals surface area contributed by atoms with E-state index in [9.17, 15) is 13.6 Å². The van der Waals surface area contributed by atoms with Gasteiger partial charge in [0.1, 0.15) is 0 Å². The van der Waals surface area contributed by atoms with Crippen LogP contribution in [0.25, 0.3) is 10.9 Å². The second kappa shape index (κ2) is 4.95. The number of halogens is 2. The van der Waals surface area contributed by atoms with Crippen LogP contribution in [0.2, 0.25) is 0 Å². The number of H-pyrrole nitrogens is 1. The molecule has 1 amide bonds. The standard InChI is InChI=1S/C12H12F2N2O/c13-11(14)7-16-12(17)5-8-6-15-10-4-2-1-3-9(8)10/h1-4,6,11,15H,5,7H2,(H,16,17). The highest BCUT2D eigenvalue weighted by atomic mass is 19.3. The number of hydrogen-bond donors (Lipinski definition) is 2. The van der Waals surface area contributed by atoms with Gasteiger partial charge >= 0.3 is 0 Å². The summed E-state index contributed by atoms with van der Waals surface area (Å²) in [6.45, 7) is -0.596. The van der Waals surface area contributed by atoms with Crippen molar-refractivity contribution in [1.82, 2.24) is 10.3 Å². The molecule has 2 N–H and O–H groups in total. The minimum atomic E-state index is -2.51. The van der Waals surface area contributed by atoms with Crippen molar-refractivity contribution < 1.29 is 13.6 Å². The number of amides is 1. The van der Waals surface area contributed by atoms with E-state index in [-0.39, 0.29) is 6.42 Å². The monoisotopic (exact) mass is 238 g/mol. The zero-order valence-electron chi connectivity index (χ0n) is 9.04. The predicted molar refractivity (Wildman–Crippen MR) is 61.0 cm³/mol. The maximum Gasteiger partial charge on any atom is 0.255 e. The normalized spacial score (nSPS) is 11.0. The van der Waals surface area contributed by atoms with Crippen molar-refractivity contribution in [1.29, 1.82) is 0 Å². The number of hydrogen-bond acceptors (Lipinski definition) is 1. The number of para-hydroxylation sites is 1. The zero-order valence-corrected chi connectivity index (χ0v) is 9.04. The maximum atomic E-state index is 11.9. The van der Waals surface area contributed by atoms with Crippen LogP contribution in [0.3, 0.4) is 0 Å². The first-order chi connectivity index (χ1) is 8.16. The lowest BCUT2D eigenvalue weighted by Gasteiger charge is -2.03. The highest BCUT2D eigenvalue weighted by Gasteiger charge is 2.10. The molecule has 0 aliphatic rings. The fraction of sp³-hybridized carbons (Fsp3) is 0.250. The van der Waals surface area contributed by atoms with Crippen LogP contribution < -0.4 is 5.32 Å². The Labute approximate surface area is 96.8 Å². The van der Waals surface area contributed by atoms with Crippen LogP contribution in [-0.2, 0) is 11.2 Å². The van der Waals surface area contributed by atoms with E-state index < -0.39 is 18.9 Å². The molecular formula is C12H12F2N2O. The fourth-order valence-corrected chi connectivity index (χ4v) is 1.70. The molecule has 2 aromatic rings. The van der Waals surface area contributed by atoms with Gasteiger partial charge in [-0.3, -0.25) is 4.79 Å². The lowest BCUT2D eigenvalue weighted by Crippen LogP contribution is -2.29. The van der Waals surface area contributed by atoms with E-state index in [1.165, 1.54) is 0 Å². The van der Waals surface area contributed by atoms with Gasteiger partial charge in [-0.15, -0.1) is 0 Å². The molecule has 5 heteroatoms. The topological polar surface area (TPSA) is 44.9 Å². The molecule has 0 aliphatic heterocycles. The summed E-state index contributed by atoms with van der Waals surface area (Å²) in [4.78, 5) is 14.4. The highest BCUT2D eigenvalue weighted by Crippen LogP contribution is 2.17. The third kappa shape index (κ3) is 2.81. The second-order valence-corrected chi connectivity index (χ2v) is 3.73. The van der Waals surface area contributed by atoms with Gasteiger partial charge in [0.2, 0.25) is 5.91 Å². The first-order valence-corrected chi connectivity index (χ1v) is 5.26. The van der Waals surface area contributed by atoms with E-state index in [0.29, 0.717) is 0 Å². The van der Waals surface area contributed by atoms with Crippen LogP contribution in [0.5, 0.6) is 0 Å². The van der Waals surface area contributed by atoms with E-state index in [1.54, 1.807) is 6.20 Å². The summed E-state index contributed by atoms with van der Waals surface area (Å²) in [5, 5.41) is 3.13. The van der Waals surface area contributed by atoms with Gasteiger partial charge in [0.15, 0.2) is 0 Å². The first kappa shape index (κ1) is 11.6. The number of carbonyl (C=O) groups is 1. The summed E-state index contributed by atoms with van der Waals surface area (Å²) >= 11 is 0. The number of rotatable bonds is 4. The van der Waals surface area contributed by atoms with Crippen molar-refractivity contribution in [3.63, 3.8) is 0 Å². The number of alkyl halides is 2. The van der Waals surface area contributed by atoms with Gasteiger partial charge in [0.25, 0.3) is 6.43 Å². The van der Waals surface area contributed by atoms with E-state index in [1.807, 2.05) is 24.3 Å². The number of fused-ring (bicyclic) bond motifs is 1. The van der Waals surface area contributed by atoms with Gasteiger partial charge in [-0.2, -0.15) is 0 Å². The molecule has 2 rings (SSSR count). The summed E-state index contributed by atoms with van der Waals surface area (Å²) < 4.78 is 23.8. The summed E-state index contributed by atoms with van der Waals surface area (Å²) in [5.41, 5.74) is 1.75. The molecule has 0 fully saturated rings. The lowest BCUT2D eigenvalue weighted by molar-refractivity contribution is -0.121. The van der Waals surface area contributed by atoms with Gasteiger partial charge < -0.3 is 10.3 Å². The van der Waals surface area contributed by atoms with Crippen LogP contribution >= 0.6 is 0 Å². The van der Waals surface area contributed by atoms with Gasteiger partial charge in [-0.1, -0.05) is 18.2 Å². The van der Waals surface area contributed by atoms with Gasteiger partial charge in [0.05, 0.1) is 13.0 Å². The van der Waals surface area contributed by atoms with Crippen LogP contribution in [0.15, 0.2) is 30.5 Å². The first-order valence-electron chi connectivity index (χ1n) is 5.26. The van der Waals surface area contributed by atoms with Crippen molar-refractivity contribution in [2.75, 3.05) is 6.54 Å². The third-order valence-electron chi connectivity index (χ3n) is 2.48. The van der Waals surface area contributed by atoms with Crippen molar-refractivity contribution >= 4 is 16.8 Å². The highest BCUT2D eigenvalue weighted by molar-refractivity contribution is 5.88. The molecule has 0 saturated carbocycles. The van der Waals surface area contributed by atoms with Crippen molar-refractivity contribution in [3.8, 4) is 0 Å². The summed E-state index contributed by atoms with van der Waals surface area (Å²) in [6, 6.07) is 7.55. The largest absolute Gasteiger partial charge is 0.361 e. The average molecular weight is 238 g/mol. The predicted octanol–water partition coefficient (Wildman–Crippen LogP) is 2.09. The summed E-state index contributed by atoms with van der Waals surface area (Å²) in [6.07, 6.45) is -0.675. The van der Waals surface area contributed by atoms with Gasteiger partial charge in [-0.05, 0) is 11.6 Å². The molecule has 17 heavy (non-hydrogen) atoms. The maximum absolute atomic E-state index is 11.9. The number of aromatic nitrogens is 1. The zero-order chi connectivity index (χ0) is 12.3. The molecule has 0 spiro atoms. The van der Waals surface area contributed by atoms with Crippen LogP contribution in [-0.4, -0.2) is 23.9 Å². The minimum Gasteiger partial charge on any atom is -0.361 e. The SMILES string of the molecule is O=C(Cc1c[nH]c2ccccc12)NCC(F)F. The Bertz CT molecular complexity index is 522. The van der Waals surface area contributed by atoms with Gasteiger partial charge in [-0.25, -0.2) is 8.78 Å². The van der Waals surface area contributed by atoms with E-state index in [2.05, 4.69) is 10.3 Å². The van der Waals surface area contributed by atoms with Gasteiger partial charge in [0, 0.05) is 17.1 Å². The Balaban J connectivity index is 2.06. The Morgan fingerprint density at radius 1 is 1.35 bits per heavy atom. The second-order valence-electron chi connectivity index (χ2n) is 3.73. The molecule has 0 unspecified atom stereocenters. The minimum absolute atomic E-state index is 0.108. The molecule has 0 aliphatic carbocycles. The van der Waals surface area contributed by atoms with E-state index in [4.69, 9.17) is 0 Å². The summed E-state index contributed by atoms with van der Waals surface area (Å²) in [5.74, 6) is -0.393. The molecule has 0 atom stereocenters. The molecule has 1 aromatic heterocycles. The number of aromatic amines is 1. The molecule has 3 nitrogen and oxygen atoms in total. The molecular weight excluding hydrogens is 226 g/mol. The van der Waals surface area contributed by atoms with E-state index in [0.717, 1.165) is 16.5 Å². The molecule has 90 valence electrons. The Morgan fingerprint density at radius 3 is 2.88 bits per heavy atom. The molecule has 1 heterocycles. The van der Waals surface area contributed by atoms with Crippen molar-refractivity contribution in [3.05, 3.63) is 36.0 Å². The molecule has 1 aromatic carbocycles. The van der Waals surface area contributed by atoms with Crippen molar-refractivity contribution in [2.24, 2.45) is 0 Å². The summed E-state index contributed by atoms with van der Waals surface area (Å²) in [7, 11) is 0. The molecule has 0 radical (unpaired) electrons. The third-order valence-corrected chi connectivity index (χ3v) is 2.48. The quantitative estimate of drug-likeness (QED) is 0.841. The fourth-order valence-electron chi connectivity index (χ4n) is 1.70. The van der Waals surface area contributed by atoms with Crippen molar-refractivity contribution in [2.45, 2.75) is 12.8 Å². The van der Waals surface area contributed by atoms with E-state index >= 15 is 0 Å². The number of carbonyl (C=O) groups excluding carboxylic acids is 1.